The van der Waals surface area contributed by atoms with Crippen LogP contribution in [0.3, 0.4) is 0 Å². The van der Waals surface area contributed by atoms with Crippen LogP contribution in [0, 0.1) is 0 Å². The topological polar surface area (TPSA) is 75.3 Å². The van der Waals surface area contributed by atoms with E-state index in [1.165, 1.54) is 0 Å². The van der Waals surface area contributed by atoms with Crippen LogP contribution in [-0.4, -0.2) is 32.8 Å². The van der Waals surface area contributed by atoms with Crippen molar-refractivity contribution in [3.63, 3.8) is 0 Å². The van der Waals surface area contributed by atoms with Gasteiger partial charge >= 0.3 is 0 Å². The van der Waals surface area contributed by atoms with E-state index < -0.39 is 10.0 Å². The first-order valence-electron chi connectivity index (χ1n) is 5.95. The summed E-state index contributed by atoms with van der Waals surface area (Å²) in [7, 11) is -3.57. The first-order chi connectivity index (χ1) is 9.01. The van der Waals surface area contributed by atoms with Crippen molar-refractivity contribution in [1.82, 2.24) is 10.0 Å². The highest BCUT2D eigenvalue weighted by Crippen LogP contribution is 2.13. The van der Waals surface area contributed by atoms with Gasteiger partial charge in [0.1, 0.15) is 0 Å². The monoisotopic (exact) mass is 302 g/mol. The summed E-state index contributed by atoms with van der Waals surface area (Å²) in [5.74, 6) is 0.366. The average Bonchev–Trinajstić information content (AvgIpc) is 2.75. The lowest BCUT2D eigenvalue weighted by Gasteiger charge is -2.11. The molecule has 7 heteroatoms. The van der Waals surface area contributed by atoms with E-state index in [2.05, 4.69) is 10.0 Å². The predicted molar refractivity (Wildman–Crippen MR) is 72.6 cm³/mol. The largest absolute Gasteiger partial charge is 0.354 e. The highest BCUT2D eigenvalue weighted by molar-refractivity contribution is 7.89. The summed E-state index contributed by atoms with van der Waals surface area (Å²) in [6.45, 7) is 0.336. The number of amides is 1. The molecule has 0 radical (unpaired) electrons. The maximum atomic E-state index is 12.1. The van der Waals surface area contributed by atoms with E-state index in [-0.39, 0.29) is 23.3 Å². The Hall–Kier alpha value is -1.11. The molecule has 0 bridgehead atoms. The Kier molecular flexibility index (Phi) is 4.44. The summed E-state index contributed by atoms with van der Waals surface area (Å²) < 4.78 is 26.7. The third-order valence-electron chi connectivity index (χ3n) is 2.92. The first-order valence-corrected chi connectivity index (χ1v) is 7.97. The van der Waals surface area contributed by atoms with Crippen molar-refractivity contribution in [3.8, 4) is 0 Å². The van der Waals surface area contributed by atoms with Crippen LogP contribution in [-0.2, 0) is 21.2 Å². The van der Waals surface area contributed by atoms with Crippen molar-refractivity contribution in [1.29, 1.82) is 0 Å². The number of carbonyl (C=O) groups excluding carboxylic acids is 1. The van der Waals surface area contributed by atoms with Crippen LogP contribution in [0.4, 0.5) is 0 Å². The van der Waals surface area contributed by atoms with Crippen molar-refractivity contribution in [2.24, 2.45) is 0 Å². The lowest BCUT2D eigenvalue weighted by atomic mass is 10.2. The highest BCUT2D eigenvalue weighted by Gasteiger charge is 2.26. The Morgan fingerprint density at radius 2 is 2.00 bits per heavy atom. The van der Waals surface area contributed by atoms with Crippen LogP contribution in [0.15, 0.2) is 29.2 Å². The normalized spacial score (nSPS) is 19.4. The first kappa shape index (κ1) is 14.3. The molecule has 5 nitrogen and oxygen atoms in total. The van der Waals surface area contributed by atoms with Crippen LogP contribution in [0.2, 0.25) is 0 Å². The number of aryl methyl sites for hydroxylation is 1. The fraction of sp³-hybridized carbons (Fsp3) is 0.417. The molecule has 1 fully saturated rings. The zero-order valence-electron chi connectivity index (χ0n) is 10.2. The summed E-state index contributed by atoms with van der Waals surface area (Å²) >= 11 is 5.62. The number of sulfonamides is 1. The molecule has 1 aromatic carbocycles. The van der Waals surface area contributed by atoms with E-state index in [4.69, 9.17) is 11.6 Å². The fourth-order valence-electron chi connectivity index (χ4n) is 1.92. The zero-order valence-corrected chi connectivity index (χ0v) is 11.8. The number of alkyl halides is 1. The lowest BCUT2D eigenvalue weighted by molar-refractivity contribution is -0.119. The second kappa shape index (κ2) is 5.90. The quantitative estimate of drug-likeness (QED) is 0.784. The summed E-state index contributed by atoms with van der Waals surface area (Å²) in [5, 5.41) is 2.59. The number of rotatable bonds is 5. The Labute approximate surface area is 117 Å². The molecule has 1 heterocycles. The van der Waals surface area contributed by atoms with E-state index in [1.807, 2.05) is 0 Å². The van der Waals surface area contributed by atoms with Crippen molar-refractivity contribution < 1.29 is 13.2 Å². The molecule has 1 atom stereocenters. The number of hydrogen-bond donors (Lipinski definition) is 2. The summed E-state index contributed by atoms with van der Waals surface area (Å²) in [6.07, 6.45) is 0.889. The minimum Gasteiger partial charge on any atom is -0.354 e. The number of hydrogen-bond acceptors (Lipinski definition) is 3. The van der Waals surface area contributed by atoms with E-state index in [0.29, 0.717) is 18.8 Å². The van der Waals surface area contributed by atoms with Gasteiger partial charge < -0.3 is 5.32 Å². The van der Waals surface area contributed by atoms with Gasteiger partial charge in [-0.05, 0) is 24.1 Å². The SMILES string of the molecule is O=C1CC(NS(=O)(=O)c2ccc(CCCl)cc2)CN1. The van der Waals surface area contributed by atoms with Crippen molar-refractivity contribution in [2.75, 3.05) is 12.4 Å². The molecule has 1 aliphatic rings. The molecule has 0 spiro atoms. The molecule has 1 aliphatic heterocycles. The van der Waals surface area contributed by atoms with Gasteiger partial charge in [0, 0.05) is 24.9 Å². The van der Waals surface area contributed by atoms with Gasteiger partial charge in [0.15, 0.2) is 0 Å². The van der Waals surface area contributed by atoms with Crippen LogP contribution in [0.25, 0.3) is 0 Å². The predicted octanol–water partition coefficient (Wildman–Crippen LogP) is 0.635. The van der Waals surface area contributed by atoms with E-state index in [9.17, 15) is 13.2 Å². The van der Waals surface area contributed by atoms with Crippen LogP contribution >= 0.6 is 11.6 Å². The summed E-state index contributed by atoms with van der Waals surface area (Å²) in [5.41, 5.74) is 0.992. The third kappa shape index (κ3) is 3.68. The van der Waals surface area contributed by atoms with Crippen LogP contribution in [0.1, 0.15) is 12.0 Å². The molecule has 0 saturated carbocycles. The average molecular weight is 303 g/mol. The zero-order chi connectivity index (χ0) is 13.9. The molecule has 0 aliphatic carbocycles. The molecule has 0 aromatic heterocycles. The molecule has 2 rings (SSSR count). The van der Waals surface area contributed by atoms with Crippen LogP contribution in [0.5, 0.6) is 0 Å². The maximum absolute atomic E-state index is 12.1. The fourth-order valence-corrected chi connectivity index (χ4v) is 3.37. The highest BCUT2D eigenvalue weighted by atomic mass is 35.5. The number of nitrogens with one attached hydrogen (secondary N) is 2. The molecule has 1 saturated heterocycles. The molecular formula is C12H15ClN2O3S. The van der Waals surface area contributed by atoms with E-state index in [1.54, 1.807) is 24.3 Å². The van der Waals surface area contributed by atoms with E-state index >= 15 is 0 Å². The van der Waals surface area contributed by atoms with Gasteiger partial charge in [0.2, 0.25) is 15.9 Å². The Bertz CT molecular complexity index is 557. The Balaban J connectivity index is 2.08. The third-order valence-corrected chi connectivity index (χ3v) is 4.64. The molecule has 104 valence electrons. The molecule has 1 unspecified atom stereocenters. The number of benzene rings is 1. The van der Waals surface area contributed by atoms with Gasteiger partial charge in [-0.2, -0.15) is 0 Å². The Morgan fingerprint density at radius 3 is 2.53 bits per heavy atom. The van der Waals surface area contributed by atoms with Gasteiger partial charge in [0.25, 0.3) is 0 Å². The molecular weight excluding hydrogens is 288 g/mol. The molecule has 2 N–H and O–H groups in total. The second-order valence-corrected chi connectivity index (χ2v) is 6.50. The van der Waals surface area contributed by atoms with Gasteiger partial charge in [-0.3, -0.25) is 4.79 Å². The summed E-state index contributed by atoms with van der Waals surface area (Å²) in [6, 6.07) is 6.22. The van der Waals surface area contributed by atoms with Crippen LogP contribution < -0.4 is 10.0 Å². The van der Waals surface area contributed by atoms with Gasteiger partial charge in [-0.15, -0.1) is 11.6 Å². The van der Waals surface area contributed by atoms with Crippen molar-refractivity contribution in [3.05, 3.63) is 29.8 Å². The molecule has 1 aromatic rings. The van der Waals surface area contributed by atoms with Crippen molar-refractivity contribution in [2.45, 2.75) is 23.8 Å². The van der Waals surface area contributed by atoms with Gasteiger partial charge in [-0.25, -0.2) is 13.1 Å². The standard InChI is InChI=1S/C12H15ClN2O3S/c13-6-5-9-1-3-11(4-2-9)19(17,18)15-10-7-12(16)14-8-10/h1-4,10,15H,5-8H2,(H,14,16). The maximum Gasteiger partial charge on any atom is 0.240 e. The lowest BCUT2D eigenvalue weighted by Crippen LogP contribution is -2.36. The number of carbonyl (C=O) groups is 1. The minimum atomic E-state index is -3.57. The molecule has 1 amide bonds. The second-order valence-electron chi connectivity index (χ2n) is 4.41. The van der Waals surface area contributed by atoms with Crippen molar-refractivity contribution >= 4 is 27.5 Å². The minimum absolute atomic E-state index is 0.134. The van der Waals surface area contributed by atoms with Gasteiger partial charge in [0.05, 0.1) is 4.90 Å². The van der Waals surface area contributed by atoms with E-state index in [0.717, 1.165) is 5.56 Å². The van der Waals surface area contributed by atoms with Gasteiger partial charge in [-0.1, -0.05) is 12.1 Å². The number of halogens is 1. The smallest absolute Gasteiger partial charge is 0.240 e. The summed E-state index contributed by atoms with van der Waals surface area (Å²) in [4.78, 5) is 11.2. The Morgan fingerprint density at radius 1 is 1.32 bits per heavy atom. The molecule has 19 heavy (non-hydrogen) atoms.